The minimum atomic E-state index is -0.441. The monoisotopic (exact) mass is 258 g/mol. The number of amides is 1. The highest BCUT2D eigenvalue weighted by atomic mass is 16.6. The summed E-state index contributed by atoms with van der Waals surface area (Å²) in [5.41, 5.74) is -0.441. The highest BCUT2D eigenvalue weighted by Crippen LogP contribution is 2.18. The summed E-state index contributed by atoms with van der Waals surface area (Å²) in [7, 11) is 0. The van der Waals surface area contributed by atoms with Gasteiger partial charge in [0.1, 0.15) is 5.60 Å². The Hall–Kier alpha value is -0.810. The van der Waals surface area contributed by atoms with Crippen LogP contribution in [0.4, 0.5) is 4.79 Å². The zero-order chi connectivity index (χ0) is 13.6. The fourth-order valence-corrected chi connectivity index (χ4v) is 2.16. The van der Waals surface area contributed by atoms with Crippen LogP contribution < -0.4 is 5.32 Å². The van der Waals surface area contributed by atoms with Crippen LogP contribution in [-0.2, 0) is 4.74 Å². The summed E-state index contributed by atoms with van der Waals surface area (Å²) in [4.78, 5) is 13.7. The summed E-state index contributed by atoms with van der Waals surface area (Å²) in [6, 6.07) is 0. The number of aliphatic hydroxyl groups excluding tert-OH is 1. The molecule has 5 heteroatoms. The Morgan fingerprint density at radius 2 is 2.22 bits per heavy atom. The first-order valence-electron chi connectivity index (χ1n) is 6.71. The van der Waals surface area contributed by atoms with Gasteiger partial charge in [-0.3, -0.25) is 0 Å². The fourth-order valence-electron chi connectivity index (χ4n) is 2.16. The van der Waals surface area contributed by atoms with Crippen LogP contribution in [0.5, 0.6) is 0 Å². The van der Waals surface area contributed by atoms with E-state index in [1.165, 1.54) is 0 Å². The lowest BCUT2D eigenvalue weighted by Gasteiger charge is -2.21. The number of alkyl carbamates (subject to hydrolysis) is 1. The highest BCUT2D eigenvalue weighted by molar-refractivity contribution is 5.67. The lowest BCUT2D eigenvalue weighted by molar-refractivity contribution is 0.0523. The van der Waals surface area contributed by atoms with Crippen LogP contribution in [0.15, 0.2) is 0 Å². The maximum absolute atomic E-state index is 11.4. The molecule has 0 saturated carbocycles. The van der Waals surface area contributed by atoms with Gasteiger partial charge in [0.25, 0.3) is 0 Å². The van der Waals surface area contributed by atoms with E-state index in [9.17, 15) is 4.79 Å². The van der Waals surface area contributed by atoms with Gasteiger partial charge in [0.15, 0.2) is 0 Å². The SMILES string of the molecule is CC(C)(C)OC(=O)NCCN1CCC(CCO)C1. The van der Waals surface area contributed by atoms with Crippen LogP contribution in [0.2, 0.25) is 0 Å². The van der Waals surface area contributed by atoms with Crippen LogP contribution in [0, 0.1) is 5.92 Å². The Kier molecular flexibility index (Phi) is 5.88. The molecule has 1 rings (SSSR count). The molecular weight excluding hydrogens is 232 g/mol. The summed E-state index contributed by atoms with van der Waals surface area (Å²) < 4.78 is 5.16. The topological polar surface area (TPSA) is 61.8 Å². The Balaban J connectivity index is 2.10. The van der Waals surface area contributed by atoms with Gasteiger partial charge in [0, 0.05) is 26.2 Å². The summed E-state index contributed by atoms with van der Waals surface area (Å²) in [5.74, 6) is 0.608. The van der Waals surface area contributed by atoms with E-state index in [2.05, 4.69) is 10.2 Å². The molecule has 2 N–H and O–H groups in total. The lowest BCUT2D eigenvalue weighted by atomic mass is 10.1. The molecule has 5 nitrogen and oxygen atoms in total. The van der Waals surface area contributed by atoms with Gasteiger partial charge in [-0.2, -0.15) is 0 Å². The molecule has 1 saturated heterocycles. The number of aliphatic hydroxyl groups is 1. The van der Waals surface area contributed by atoms with E-state index in [0.717, 1.165) is 32.5 Å². The highest BCUT2D eigenvalue weighted by Gasteiger charge is 2.22. The van der Waals surface area contributed by atoms with E-state index < -0.39 is 5.60 Å². The molecule has 1 aliphatic rings. The lowest BCUT2D eigenvalue weighted by Crippen LogP contribution is -2.37. The minimum absolute atomic E-state index is 0.272. The maximum atomic E-state index is 11.4. The van der Waals surface area contributed by atoms with E-state index in [-0.39, 0.29) is 12.7 Å². The molecular formula is C13H26N2O3. The molecule has 0 aromatic heterocycles. The van der Waals surface area contributed by atoms with Crippen molar-refractivity contribution in [2.75, 3.05) is 32.8 Å². The molecule has 0 spiro atoms. The molecule has 0 aliphatic carbocycles. The van der Waals surface area contributed by atoms with Gasteiger partial charge in [-0.25, -0.2) is 4.79 Å². The Morgan fingerprint density at radius 1 is 1.50 bits per heavy atom. The molecule has 1 atom stereocenters. The Morgan fingerprint density at radius 3 is 2.83 bits per heavy atom. The molecule has 18 heavy (non-hydrogen) atoms. The van der Waals surface area contributed by atoms with Gasteiger partial charge in [0.2, 0.25) is 0 Å². The van der Waals surface area contributed by atoms with Crippen LogP contribution >= 0.6 is 0 Å². The van der Waals surface area contributed by atoms with Gasteiger partial charge < -0.3 is 20.1 Å². The molecule has 106 valence electrons. The molecule has 1 heterocycles. The summed E-state index contributed by atoms with van der Waals surface area (Å²) >= 11 is 0. The largest absolute Gasteiger partial charge is 0.444 e. The van der Waals surface area contributed by atoms with Crippen LogP contribution in [0.3, 0.4) is 0 Å². The number of rotatable bonds is 5. The Labute approximate surface area is 109 Å². The molecule has 0 aromatic carbocycles. The predicted octanol–water partition coefficient (Wildman–Crippen LogP) is 1.22. The first-order chi connectivity index (χ1) is 8.40. The van der Waals surface area contributed by atoms with Gasteiger partial charge in [0.05, 0.1) is 0 Å². The summed E-state index contributed by atoms with van der Waals surface area (Å²) in [6.07, 6.45) is 1.68. The van der Waals surface area contributed by atoms with Crippen LogP contribution in [0.25, 0.3) is 0 Å². The standard InChI is InChI=1S/C13H26N2O3/c1-13(2,3)18-12(17)14-6-8-15-7-4-11(10-15)5-9-16/h11,16H,4-10H2,1-3H3,(H,14,17). The van der Waals surface area contributed by atoms with Crippen molar-refractivity contribution in [3.8, 4) is 0 Å². The normalized spacial score (nSPS) is 21.0. The van der Waals surface area contributed by atoms with Crippen molar-refractivity contribution in [2.45, 2.75) is 39.2 Å². The molecule has 1 fully saturated rings. The van der Waals surface area contributed by atoms with Crippen molar-refractivity contribution in [1.82, 2.24) is 10.2 Å². The third kappa shape index (κ3) is 6.21. The second kappa shape index (κ2) is 6.95. The number of likely N-dealkylation sites (tertiary alicyclic amines) is 1. The summed E-state index contributed by atoms with van der Waals surface area (Å²) in [5, 5.41) is 11.6. The number of carbonyl (C=O) groups excluding carboxylic acids is 1. The zero-order valence-corrected chi connectivity index (χ0v) is 11.7. The van der Waals surface area contributed by atoms with Crippen LogP contribution in [-0.4, -0.2) is 54.5 Å². The average Bonchev–Trinajstić information content (AvgIpc) is 2.63. The minimum Gasteiger partial charge on any atom is -0.444 e. The number of hydrogen-bond acceptors (Lipinski definition) is 4. The van der Waals surface area contributed by atoms with Crippen molar-refractivity contribution in [3.05, 3.63) is 0 Å². The number of nitrogens with zero attached hydrogens (tertiary/aromatic N) is 1. The second-order valence-electron chi connectivity index (χ2n) is 5.90. The van der Waals surface area contributed by atoms with E-state index in [1.807, 2.05) is 20.8 Å². The van der Waals surface area contributed by atoms with Gasteiger partial charge in [-0.05, 0) is 46.1 Å². The van der Waals surface area contributed by atoms with E-state index in [4.69, 9.17) is 9.84 Å². The van der Waals surface area contributed by atoms with Gasteiger partial charge in [-0.1, -0.05) is 0 Å². The zero-order valence-electron chi connectivity index (χ0n) is 11.7. The number of nitrogens with one attached hydrogen (secondary N) is 1. The Bertz CT molecular complexity index is 263. The third-order valence-electron chi connectivity index (χ3n) is 3.00. The molecule has 1 unspecified atom stereocenters. The van der Waals surface area contributed by atoms with Crippen molar-refractivity contribution < 1.29 is 14.6 Å². The first-order valence-corrected chi connectivity index (χ1v) is 6.71. The fraction of sp³-hybridized carbons (Fsp3) is 0.923. The van der Waals surface area contributed by atoms with Crippen molar-refractivity contribution >= 4 is 6.09 Å². The van der Waals surface area contributed by atoms with Crippen molar-refractivity contribution in [3.63, 3.8) is 0 Å². The molecule has 0 aromatic rings. The molecule has 0 radical (unpaired) electrons. The number of carbonyl (C=O) groups is 1. The molecule has 1 amide bonds. The molecule has 0 bridgehead atoms. The van der Waals surface area contributed by atoms with Crippen molar-refractivity contribution in [1.29, 1.82) is 0 Å². The molecule has 1 aliphatic heterocycles. The van der Waals surface area contributed by atoms with Gasteiger partial charge in [-0.15, -0.1) is 0 Å². The number of ether oxygens (including phenoxy) is 1. The smallest absolute Gasteiger partial charge is 0.407 e. The number of hydrogen-bond donors (Lipinski definition) is 2. The average molecular weight is 258 g/mol. The quantitative estimate of drug-likeness (QED) is 0.778. The third-order valence-corrected chi connectivity index (χ3v) is 3.00. The van der Waals surface area contributed by atoms with E-state index in [0.29, 0.717) is 12.5 Å². The summed E-state index contributed by atoms with van der Waals surface area (Å²) in [6.45, 7) is 9.37. The maximum Gasteiger partial charge on any atom is 0.407 e. The second-order valence-corrected chi connectivity index (χ2v) is 5.90. The van der Waals surface area contributed by atoms with E-state index >= 15 is 0 Å². The van der Waals surface area contributed by atoms with E-state index in [1.54, 1.807) is 0 Å². The van der Waals surface area contributed by atoms with Crippen LogP contribution in [0.1, 0.15) is 33.6 Å². The van der Waals surface area contributed by atoms with Crippen molar-refractivity contribution in [2.24, 2.45) is 5.92 Å². The first kappa shape index (κ1) is 15.2. The van der Waals surface area contributed by atoms with Gasteiger partial charge >= 0.3 is 6.09 Å². The predicted molar refractivity (Wildman–Crippen MR) is 70.5 cm³/mol.